The maximum absolute atomic E-state index is 11.2. The summed E-state index contributed by atoms with van der Waals surface area (Å²) >= 11 is 0. The second-order valence-electron chi connectivity index (χ2n) is 5.01. The first-order valence-corrected chi connectivity index (χ1v) is 6.58. The van der Waals surface area contributed by atoms with Gasteiger partial charge in [-0.3, -0.25) is 4.79 Å². The molecule has 2 rings (SSSR count). The summed E-state index contributed by atoms with van der Waals surface area (Å²) in [4.78, 5) is 15.7. The average molecular weight is 263 g/mol. The maximum Gasteiger partial charge on any atom is 0.312 e. The summed E-state index contributed by atoms with van der Waals surface area (Å²) in [6, 6.07) is 7.74. The summed E-state index contributed by atoms with van der Waals surface area (Å²) in [6.45, 7) is 4.13. The van der Waals surface area contributed by atoms with E-state index in [1.807, 2.05) is 24.3 Å². The van der Waals surface area contributed by atoms with Gasteiger partial charge in [0.15, 0.2) is 0 Å². The van der Waals surface area contributed by atoms with Crippen molar-refractivity contribution in [1.29, 1.82) is 0 Å². The average Bonchev–Trinajstić information content (AvgIpc) is 2.40. The van der Waals surface area contributed by atoms with Gasteiger partial charge in [0.2, 0.25) is 0 Å². The molecule has 104 valence electrons. The van der Waals surface area contributed by atoms with Gasteiger partial charge in [-0.1, -0.05) is 12.1 Å². The lowest BCUT2D eigenvalue weighted by atomic mass is 9.98. The third-order valence-electron chi connectivity index (χ3n) is 3.67. The van der Waals surface area contributed by atoms with Crippen molar-refractivity contribution < 1.29 is 9.90 Å². The van der Waals surface area contributed by atoms with Crippen LogP contribution in [0.15, 0.2) is 24.3 Å². The van der Waals surface area contributed by atoms with Crippen LogP contribution >= 0.6 is 0 Å². The highest BCUT2D eigenvalue weighted by molar-refractivity contribution is 5.77. The van der Waals surface area contributed by atoms with Crippen LogP contribution in [-0.4, -0.2) is 55.7 Å². The van der Waals surface area contributed by atoms with E-state index in [1.165, 1.54) is 0 Å². The molecule has 0 saturated carbocycles. The highest BCUT2D eigenvalue weighted by atomic mass is 16.4. The number of nitrogens with zero attached hydrogens (tertiary/aromatic N) is 2. The number of piperazine rings is 1. The predicted octanol–water partition coefficient (Wildman–Crippen LogP) is 0.565. The van der Waals surface area contributed by atoms with Gasteiger partial charge in [0.1, 0.15) is 0 Å². The normalized spacial score (nSPS) is 18.3. The van der Waals surface area contributed by atoms with E-state index in [4.69, 9.17) is 10.8 Å². The van der Waals surface area contributed by atoms with Gasteiger partial charge in [0, 0.05) is 38.4 Å². The van der Waals surface area contributed by atoms with Crippen LogP contribution in [0.2, 0.25) is 0 Å². The number of benzene rings is 1. The Labute approximate surface area is 113 Å². The minimum atomic E-state index is -0.863. The van der Waals surface area contributed by atoms with E-state index < -0.39 is 11.9 Å². The maximum atomic E-state index is 11.2. The van der Waals surface area contributed by atoms with Crippen LogP contribution in [0.5, 0.6) is 0 Å². The molecule has 0 aromatic heterocycles. The van der Waals surface area contributed by atoms with Crippen molar-refractivity contribution in [2.75, 3.05) is 44.7 Å². The molecule has 19 heavy (non-hydrogen) atoms. The van der Waals surface area contributed by atoms with E-state index in [-0.39, 0.29) is 6.54 Å². The third kappa shape index (κ3) is 3.24. The fourth-order valence-corrected chi connectivity index (χ4v) is 2.38. The van der Waals surface area contributed by atoms with Crippen LogP contribution in [0.1, 0.15) is 11.5 Å². The van der Waals surface area contributed by atoms with Gasteiger partial charge >= 0.3 is 5.97 Å². The van der Waals surface area contributed by atoms with Crippen molar-refractivity contribution >= 4 is 11.7 Å². The number of nitrogens with two attached hydrogens (primary N) is 1. The molecular weight excluding hydrogens is 242 g/mol. The number of anilines is 1. The minimum Gasteiger partial charge on any atom is -0.481 e. The van der Waals surface area contributed by atoms with Gasteiger partial charge in [0.05, 0.1) is 5.92 Å². The number of hydrogen-bond acceptors (Lipinski definition) is 4. The van der Waals surface area contributed by atoms with Crippen LogP contribution in [0.4, 0.5) is 5.69 Å². The van der Waals surface area contributed by atoms with E-state index in [0.29, 0.717) is 0 Å². The summed E-state index contributed by atoms with van der Waals surface area (Å²) in [5.74, 6) is -1.48. The molecule has 1 heterocycles. The van der Waals surface area contributed by atoms with Crippen molar-refractivity contribution in [3.63, 3.8) is 0 Å². The lowest BCUT2D eigenvalue weighted by molar-refractivity contribution is -0.138. The second kappa shape index (κ2) is 6.04. The largest absolute Gasteiger partial charge is 0.481 e. The lowest BCUT2D eigenvalue weighted by Crippen LogP contribution is -2.44. The van der Waals surface area contributed by atoms with Crippen molar-refractivity contribution in [3.05, 3.63) is 29.8 Å². The first-order valence-electron chi connectivity index (χ1n) is 6.58. The third-order valence-corrected chi connectivity index (χ3v) is 3.67. The topological polar surface area (TPSA) is 69.8 Å². The quantitative estimate of drug-likeness (QED) is 0.831. The SMILES string of the molecule is CN1CCN(c2cccc(C(CN)C(=O)O)c2)CC1. The number of likely N-dealkylation sites (N-methyl/N-ethyl adjacent to an activating group) is 1. The monoisotopic (exact) mass is 263 g/mol. The Hall–Kier alpha value is -1.59. The van der Waals surface area contributed by atoms with E-state index in [1.54, 1.807) is 0 Å². The molecule has 1 unspecified atom stereocenters. The zero-order valence-corrected chi connectivity index (χ0v) is 11.2. The first-order chi connectivity index (χ1) is 9.11. The van der Waals surface area contributed by atoms with Crippen molar-refractivity contribution in [1.82, 2.24) is 4.90 Å². The standard InChI is InChI=1S/C14H21N3O2/c1-16-5-7-17(8-6-16)12-4-2-3-11(9-12)13(10-15)14(18)19/h2-4,9,13H,5-8,10,15H2,1H3,(H,18,19). The van der Waals surface area contributed by atoms with Gasteiger partial charge in [-0.15, -0.1) is 0 Å². The molecule has 0 spiro atoms. The Morgan fingerprint density at radius 1 is 1.37 bits per heavy atom. The van der Waals surface area contributed by atoms with Crippen LogP contribution < -0.4 is 10.6 Å². The number of carboxylic acids is 1. The molecule has 0 radical (unpaired) electrons. The highest BCUT2D eigenvalue weighted by Crippen LogP contribution is 2.22. The Morgan fingerprint density at radius 2 is 2.05 bits per heavy atom. The Morgan fingerprint density at radius 3 is 2.63 bits per heavy atom. The van der Waals surface area contributed by atoms with Crippen LogP contribution in [-0.2, 0) is 4.79 Å². The molecule has 5 nitrogen and oxygen atoms in total. The minimum absolute atomic E-state index is 0.127. The molecular formula is C14H21N3O2. The highest BCUT2D eigenvalue weighted by Gasteiger charge is 2.20. The molecule has 0 aliphatic carbocycles. The molecule has 1 saturated heterocycles. The summed E-state index contributed by atoms with van der Waals surface area (Å²) in [5, 5.41) is 9.16. The van der Waals surface area contributed by atoms with Crippen LogP contribution in [0, 0.1) is 0 Å². The fraction of sp³-hybridized carbons (Fsp3) is 0.500. The summed E-state index contributed by atoms with van der Waals surface area (Å²) in [5.41, 5.74) is 7.42. The number of carbonyl (C=O) groups is 1. The molecule has 1 aliphatic heterocycles. The molecule has 1 fully saturated rings. The first kappa shape index (κ1) is 13.8. The van der Waals surface area contributed by atoms with E-state index in [9.17, 15) is 4.79 Å². The Bertz CT molecular complexity index is 442. The zero-order chi connectivity index (χ0) is 13.8. The number of aliphatic carboxylic acids is 1. The Kier molecular flexibility index (Phi) is 4.39. The number of hydrogen-bond donors (Lipinski definition) is 2. The van der Waals surface area contributed by atoms with Gasteiger partial charge in [-0.05, 0) is 24.7 Å². The molecule has 5 heteroatoms. The second-order valence-corrected chi connectivity index (χ2v) is 5.01. The lowest BCUT2D eigenvalue weighted by Gasteiger charge is -2.34. The zero-order valence-electron chi connectivity index (χ0n) is 11.2. The van der Waals surface area contributed by atoms with E-state index >= 15 is 0 Å². The smallest absolute Gasteiger partial charge is 0.312 e. The Balaban J connectivity index is 2.17. The predicted molar refractivity (Wildman–Crippen MR) is 75.6 cm³/mol. The van der Waals surface area contributed by atoms with Gasteiger partial charge in [-0.25, -0.2) is 0 Å². The summed E-state index contributed by atoms with van der Waals surface area (Å²) in [7, 11) is 2.11. The number of rotatable bonds is 4. The van der Waals surface area contributed by atoms with Crippen molar-refractivity contribution in [3.8, 4) is 0 Å². The van der Waals surface area contributed by atoms with E-state index in [2.05, 4.69) is 16.8 Å². The summed E-state index contributed by atoms with van der Waals surface area (Å²) < 4.78 is 0. The van der Waals surface area contributed by atoms with Gasteiger partial charge in [-0.2, -0.15) is 0 Å². The van der Waals surface area contributed by atoms with Crippen LogP contribution in [0.25, 0.3) is 0 Å². The molecule has 1 aromatic rings. The molecule has 3 N–H and O–H groups in total. The van der Waals surface area contributed by atoms with Crippen molar-refractivity contribution in [2.24, 2.45) is 5.73 Å². The van der Waals surface area contributed by atoms with E-state index in [0.717, 1.165) is 37.4 Å². The van der Waals surface area contributed by atoms with Gasteiger partial charge in [0.25, 0.3) is 0 Å². The number of carboxylic acid groups (broad SMARTS) is 1. The van der Waals surface area contributed by atoms with Crippen LogP contribution in [0.3, 0.4) is 0 Å². The molecule has 0 amide bonds. The molecule has 1 aliphatic rings. The fourth-order valence-electron chi connectivity index (χ4n) is 2.38. The molecule has 1 atom stereocenters. The molecule has 1 aromatic carbocycles. The van der Waals surface area contributed by atoms with Gasteiger partial charge < -0.3 is 20.6 Å². The van der Waals surface area contributed by atoms with Crippen molar-refractivity contribution in [2.45, 2.75) is 5.92 Å². The summed E-state index contributed by atoms with van der Waals surface area (Å²) in [6.07, 6.45) is 0. The molecule has 0 bridgehead atoms.